The first-order chi connectivity index (χ1) is 12.6. The van der Waals surface area contributed by atoms with Crippen LogP contribution in [0.5, 0.6) is 0 Å². The number of amides is 2. The van der Waals surface area contributed by atoms with Gasteiger partial charge in [0.05, 0.1) is 30.8 Å². The number of carbonyl (C=O) groups excluding carboxylic acids is 3. The van der Waals surface area contributed by atoms with Gasteiger partial charge in [0.1, 0.15) is 0 Å². The standard InChI is InChI=1S/C19H19N3O4/c1-26-19(25)13-5-7-15(8-6-13)21-18(24)14-10-17(23)22(11-14)12-16-4-2-3-9-20-16/h2-9,14H,10-12H2,1H3,(H,21,24). The molecule has 2 amide bonds. The van der Waals surface area contributed by atoms with Crippen LogP contribution in [-0.2, 0) is 20.9 Å². The van der Waals surface area contributed by atoms with Crippen LogP contribution >= 0.6 is 0 Å². The van der Waals surface area contributed by atoms with E-state index in [0.717, 1.165) is 5.69 Å². The van der Waals surface area contributed by atoms with Gasteiger partial charge in [0.15, 0.2) is 0 Å². The van der Waals surface area contributed by atoms with E-state index in [0.29, 0.717) is 24.3 Å². The van der Waals surface area contributed by atoms with Crippen molar-refractivity contribution in [2.24, 2.45) is 5.92 Å². The average Bonchev–Trinajstić information content (AvgIpc) is 3.03. The lowest BCUT2D eigenvalue weighted by Crippen LogP contribution is -2.28. The van der Waals surface area contributed by atoms with Gasteiger partial charge in [0.2, 0.25) is 11.8 Å². The SMILES string of the molecule is COC(=O)c1ccc(NC(=O)C2CC(=O)N(Cc3ccccn3)C2)cc1. The Labute approximate surface area is 151 Å². The molecule has 0 spiro atoms. The number of ether oxygens (including phenoxy) is 1. The summed E-state index contributed by atoms with van der Waals surface area (Å²) in [5, 5.41) is 2.79. The summed E-state index contributed by atoms with van der Waals surface area (Å²) in [6.45, 7) is 0.763. The number of methoxy groups -OCH3 is 1. The lowest BCUT2D eigenvalue weighted by molar-refractivity contribution is -0.128. The second-order valence-corrected chi connectivity index (χ2v) is 6.05. The van der Waals surface area contributed by atoms with Crippen molar-refractivity contribution in [3.8, 4) is 0 Å². The summed E-state index contributed by atoms with van der Waals surface area (Å²) in [5.41, 5.74) is 1.77. The van der Waals surface area contributed by atoms with Crippen LogP contribution in [0, 0.1) is 5.92 Å². The summed E-state index contributed by atoms with van der Waals surface area (Å²) < 4.78 is 4.64. The molecule has 1 aromatic carbocycles. The van der Waals surface area contributed by atoms with Gasteiger partial charge in [0, 0.05) is 24.8 Å². The van der Waals surface area contributed by atoms with Crippen molar-refractivity contribution in [2.45, 2.75) is 13.0 Å². The smallest absolute Gasteiger partial charge is 0.337 e. The van der Waals surface area contributed by atoms with E-state index in [2.05, 4.69) is 15.0 Å². The number of likely N-dealkylation sites (tertiary alicyclic amines) is 1. The van der Waals surface area contributed by atoms with E-state index in [1.165, 1.54) is 7.11 Å². The normalized spacial score (nSPS) is 16.4. The van der Waals surface area contributed by atoms with Gasteiger partial charge in [0.25, 0.3) is 0 Å². The molecule has 26 heavy (non-hydrogen) atoms. The number of esters is 1. The Kier molecular flexibility index (Phi) is 5.26. The number of nitrogens with zero attached hydrogens (tertiary/aromatic N) is 2. The summed E-state index contributed by atoms with van der Waals surface area (Å²) >= 11 is 0. The van der Waals surface area contributed by atoms with E-state index < -0.39 is 11.9 Å². The highest BCUT2D eigenvalue weighted by atomic mass is 16.5. The number of nitrogens with one attached hydrogen (secondary N) is 1. The number of rotatable bonds is 5. The van der Waals surface area contributed by atoms with Gasteiger partial charge in [-0.1, -0.05) is 6.07 Å². The summed E-state index contributed by atoms with van der Waals surface area (Å²) in [6, 6.07) is 12.0. The molecule has 7 heteroatoms. The van der Waals surface area contributed by atoms with Crippen molar-refractivity contribution in [1.29, 1.82) is 0 Å². The molecule has 7 nitrogen and oxygen atoms in total. The van der Waals surface area contributed by atoms with E-state index in [9.17, 15) is 14.4 Å². The van der Waals surface area contributed by atoms with Crippen molar-refractivity contribution >= 4 is 23.5 Å². The van der Waals surface area contributed by atoms with Gasteiger partial charge >= 0.3 is 5.97 Å². The first kappa shape index (κ1) is 17.6. The van der Waals surface area contributed by atoms with E-state index in [1.54, 1.807) is 35.4 Å². The second kappa shape index (κ2) is 7.77. The molecule has 3 rings (SSSR count). The van der Waals surface area contributed by atoms with Gasteiger partial charge in [-0.3, -0.25) is 14.6 Å². The van der Waals surface area contributed by atoms with E-state index >= 15 is 0 Å². The summed E-state index contributed by atoms with van der Waals surface area (Å²) in [7, 11) is 1.31. The number of hydrogen-bond acceptors (Lipinski definition) is 5. The fourth-order valence-electron chi connectivity index (χ4n) is 2.84. The number of benzene rings is 1. The van der Waals surface area contributed by atoms with Crippen LogP contribution < -0.4 is 5.32 Å². The lowest BCUT2D eigenvalue weighted by atomic mass is 10.1. The highest BCUT2D eigenvalue weighted by Gasteiger charge is 2.34. The maximum Gasteiger partial charge on any atom is 0.337 e. The minimum Gasteiger partial charge on any atom is -0.465 e. The molecule has 1 aliphatic rings. The van der Waals surface area contributed by atoms with Crippen LogP contribution in [0.1, 0.15) is 22.5 Å². The maximum absolute atomic E-state index is 12.4. The first-order valence-corrected chi connectivity index (χ1v) is 8.23. The topological polar surface area (TPSA) is 88.6 Å². The Balaban J connectivity index is 1.58. The predicted molar refractivity (Wildman–Crippen MR) is 94.2 cm³/mol. The third-order valence-electron chi connectivity index (χ3n) is 4.24. The zero-order valence-electron chi connectivity index (χ0n) is 14.3. The molecule has 1 N–H and O–H groups in total. The Bertz CT molecular complexity index is 805. The number of carbonyl (C=O) groups is 3. The number of aromatic nitrogens is 1. The van der Waals surface area contributed by atoms with Crippen LogP contribution in [0.4, 0.5) is 5.69 Å². The van der Waals surface area contributed by atoms with Crippen LogP contribution in [-0.4, -0.2) is 41.3 Å². The molecular weight excluding hydrogens is 334 g/mol. The van der Waals surface area contributed by atoms with E-state index in [4.69, 9.17) is 0 Å². The minimum atomic E-state index is -0.436. The van der Waals surface area contributed by atoms with Crippen molar-refractivity contribution in [2.75, 3.05) is 19.0 Å². The number of hydrogen-bond donors (Lipinski definition) is 1. The third-order valence-corrected chi connectivity index (χ3v) is 4.24. The molecule has 2 heterocycles. The molecule has 0 bridgehead atoms. The van der Waals surface area contributed by atoms with Crippen molar-refractivity contribution in [3.05, 3.63) is 59.9 Å². The Morgan fingerprint density at radius 3 is 2.65 bits per heavy atom. The minimum absolute atomic E-state index is 0.0585. The van der Waals surface area contributed by atoms with Gasteiger partial charge in [-0.05, 0) is 36.4 Å². The number of pyridine rings is 1. The third kappa shape index (κ3) is 4.05. The highest BCUT2D eigenvalue weighted by molar-refractivity contribution is 5.97. The number of anilines is 1. The fourth-order valence-corrected chi connectivity index (χ4v) is 2.84. The molecule has 0 saturated carbocycles. The molecule has 2 aromatic rings. The molecule has 1 aromatic heterocycles. The van der Waals surface area contributed by atoms with Crippen LogP contribution in [0.3, 0.4) is 0 Å². The molecule has 1 unspecified atom stereocenters. The summed E-state index contributed by atoms with van der Waals surface area (Å²) in [4.78, 5) is 41.9. The Hall–Kier alpha value is -3.22. The van der Waals surface area contributed by atoms with Gasteiger partial charge < -0.3 is 15.0 Å². The molecule has 0 aliphatic carbocycles. The highest BCUT2D eigenvalue weighted by Crippen LogP contribution is 2.21. The van der Waals surface area contributed by atoms with Gasteiger partial charge in [-0.15, -0.1) is 0 Å². The molecule has 1 aliphatic heterocycles. The molecular formula is C19H19N3O4. The quantitative estimate of drug-likeness (QED) is 0.829. The largest absolute Gasteiger partial charge is 0.465 e. The van der Waals surface area contributed by atoms with Crippen molar-refractivity contribution in [1.82, 2.24) is 9.88 Å². The first-order valence-electron chi connectivity index (χ1n) is 8.23. The zero-order valence-corrected chi connectivity index (χ0v) is 14.3. The van der Waals surface area contributed by atoms with Gasteiger partial charge in [-0.2, -0.15) is 0 Å². The lowest BCUT2D eigenvalue weighted by Gasteiger charge is -2.16. The summed E-state index contributed by atoms with van der Waals surface area (Å²) in [5.74, 6) is -1.12. The van der Waals surface area contributed by atoms with Crippen LogP contribution in [0.2, 0.25) is 0 Å². The van der Waals surface area contributed by atoms with E-state index in [-0.39, 0.29) is 18.2 Å². The van der Waals surface area contributed by atoms with Crippen LogP contribution in [0.25, 0.3) is 0 Å². The summed E-state index contributed by atoms with van der Waals surface area (Å²) in [6.07, 6.45) is 1.86. The Morgan fingerprint density at radius 2 is 2.00 bits per heavy atom. The van der Waals surface area contributed by atoms with Crippen molar-refractivity contribution < 1.29 is 19.1 Å². The second-order valence-electron chi connectivity index (χ2n) is 6.05. The maximum atomic E-state index is 12.4. The molecule has 134 valence electrons. The molecule has 1 saturated heterocycles. The zero-order chi connectivity index (χ0) is 18.5. The average molecular weight is 353 g/mol. The molecule has 0 radical (unpaired) electrons. The molecule has 1 fully saturated rings. The Morgan fingerprint density at radius 1 is 1.23 bits per heavy atom. The fraction of sp³-hybridized carbons (Fsp3) is 0.263. The van der Waals surface area contributed by atoms with E-state index in [1.807, 2.05) is 18.2 Å². The van der Waals surface area contributed by atoms with Crippen LogP contribution in [0.15, 0.2) is 48.7 Å². The monoisotopic (exact) mass is 353 g/mol. The molecule has 1 atom stereocenters. The van der Waals surface area contributed by atoms with Gasteiger partial charge in [-0.25, -0.2) is 4.79 Å². The predicted octanol–water partition coefficient (Wildman–Crippen LogP) is 1.86. The van der Waals surface area contributed by atoms with Crippen molar-refractivity contribution in [3.63, 3.8) is 0 Å².